The van der Waals surface area contributed by atoms with Crippen LogP contribution >= 0.6 is 0 Å². The van der Waals surface area contributed by atoms with E-state index in [0.717, 1.165) is 33.9 Å². The first-order chi connectivity index (χ1) is 18.5. The second-order valence-corrected chi connectivity index (χ2v) is 8.82. The van der Waals surface area contributed by atoms with Gasteiger partial charge in [-0.05, 0) is 65.2 Å². The van der Waals surface area contributed by atoms with Crippen LogP contribution in [0.4, 0.5) is 15.8 Å². The molecule has 0 bridgehead atoms. The Balaban J connectivity index is 1.14. The van der Waals surface area contributed by atoms with Gasteiger partial charge in [0.2, 0.25) is 5.91 Å². The molecule has 5 aromatic rings. The highest BCUT2D eigenvalue weighted by molar-refractivity contribution is 5.95. The van der Waals surface area contributed by atoms with Crippen LogP contribution in [0.2, 0.25) is 0 Å². The zero-order valence-electron chi connectivity index (χ0n) is 20.5. The van der Waals surface area contributed by atoms with E-state index in [2.05, 4.69) is 15.6 Å². The highest BCUT2D eigenvalue weighted by Gasteiger charge is 2.10. The molecule has 38 heavy (non-hydrogen) atoms. The van der Waals surface area contributed by atoms with Gasteiger partial charge in [-0.15, -0.1) is 5.10 Å². The van der Waals surface area contributed by atoms with Crippen LogP contribution in [-0.4, -0.2) is 20.9 Å². The molecule has 0 unspecified atom stereocenters. The molecule has 0 atom stereocenters. The zero-order chi connectivity index (χ0) is 26.3. The van der Waals surface area contributed by atoms with Crippen LogP contribution in [0.15, 0.2) is 103 Å². The minimum Gasteiger partial charge on any atom is -0.457 e. The van der Waals surface area contributed by atoms with E-state index in [1.807, 2.05) is 66.9 Å². The number of halogens is 1. The van der Waals surface area contributed by atoms with Crippen molar-refractivity contribution in [1.29, 1.82) is 0 Å². The van der Waals surface area contributed by atoms with Crippen molar-refractivity contribution in [3.8, 4) is 22.6 Å². The van der Waals surface area contributed by atoms with Gasteiger partial charge in [0.25, 0.3) is 0 Å². The highest BCUT2D eigenvalue weighted by atomic mass is 19.1. The second-order valence-electron chi connectivity index (χ2n) is 8.82. The Hall–Kier alpha value is -4.98. The topological polar surface area (TPSA) is 95.1 Å². The molecule has 0 saturated heterocycles. The Morgan fingerprint density at radius 1 is 0.895 bits per heavy atom. The van der Waals surface area contributed by atoms with Crippen molar-refractivity contribution in [1.82, 2.24) is 15.0 Å². The minimum absolute atomic E-state index is 0.184. The molecule has 0 aliphatic heterocycles. The highest BCUT2D eigenvalue weighted by Crippen LogP contribution is 2.28. The van der Waals surface area contributed by atoms with Gasteiger partial charge in [-0.1, -0.05) is 53.7 Å². The monoisotopic (exact) mass is 507 g/mol. The number of hydrogen-bond donors (Lipinski definition) is 2. The first-order valence-electron chi connectivity index (χ1n) is 12.2. The minimum atomic E-state index is -0.305. The summed E-state index contributed by atoms with van der Waals surface area (Å²) in [6, 6.07) is 28.9. The summed E-state index contributed by atoms with van der Waals surface area (Å²) in [6.07, 6.45) is 2.50. The number of ether oxygens (including phenoxy) is 1. The SMILES string of the molecule is Nc1ccc(-c2ccc(F)cc2)cc1NC(=O)CCc1cn(Cc2ccc(Oc3ccccc3)cc2)nn1. The van der Waals surface area contributed by atoms with Gasteiger partial charge in [0.15, 0.2) is 0 Å². The Morgan fingerprint density at radius 3 is 2.37 bits per heavy atom. The molecule has 0 aliphatic carbocycles. The maximum absolute atomic E-state index is 13.2. The Bertz CT molecular complexity index is 1520. The predicted octanol–water partition coefficient (Wildman–Crippen LogP) is 6.08. The molecule has 1 heterocycles. The van der Waals surface area contributed by atoms with E-state index < -0.39 is 0 Å². The van der Waals surface area contributed by atoms with Crippen molar-refractivity contribution in [2.24, 2.45) is 0 Å². The van der Waals surface area contributed by atoms with Gasteiger partial charge in [0.05, 0.1) is 23.6 Å². The van der Waals surface area contributed by atoms with Gasteiger partial charge in [-0.2, -0.15) is 0 Å². The van der Waals surface area contributed by atoms with E-state index in [1.165, 1.54) is 12.1 Å². The fourth-order valence-corrected chi connectivity index (χ4v) is 3.95. The number of anilines is 2. The number of nitrogen functional groups attached to an aromatic ring is 1. The number of para-hydroxylation sites is 1. The van der Waals surface area contributed by atoms with Crippen LogP contribution in [0.5, 0.6) is 11.5 Å². The summed E-state index contributed by atoms with van der Waals surface area (Å²) in [5.74, 6) is 1.06. The molecule has 8 heteroatoms. The van der Waals surface area contributed by atoms with E-state index in [1.54, 1.807) is 28.9 Å². The van der Waals surface area contributed by atoms with Crippen molar-refractivity contribution < 1.29 is 13.9 Å². The quantitative estimate of drug-likeness (QED) is 0.236. The molecular formula is C30H26FN5O2. The normalized spacial score (nSPS) is 10.8. The van der Waals surface area contributed by atoms with E-state index >= 15 is 0 Å². The molecule has 0 saturated carbocycles. The molecule has 0 radical (unpaired) electrons. The molecule has 1 aromatic heterocycles. The molecule has 0 spiro atoms. The third-order valence-corrected chi connectivity index (χ3v) is 5.95. The second kappa shape index (κ2) is 11.4. The summed E-state index contributed by atoms with van der Waals surface area (Å²) in [5.41, 5.74) is 10.5. The number of nitrogens with two attached hydrogens (primary N) is 1. The summed E-state index contributed by atoms with van der Waals surface area (Å²) < 4.78 is 20.8. The predicted molar refractivity (Wildman–Crippen MR) is 145 cm³/mol. The first-order valence-corrected chi connectivity index (χ1v) is 12.2. The van der Waals surface area contributed by atoms with Crippen molar-refractivity contribution in [2.45, 2.75) is 19.4 Å². The van der Waals surface area contributed by atoms with Gasteiger partial charge in [-0.25, -0.2) is 9.07 Å². The van der Waals surface area contributed by atoms with E-state index in [9.17, 15) is 9.18 Å². The van der Waals surface area contributed by atoms with Gasteiger partial charge in [0, 0.05) is 19.0 Å². The zero-order valence-corrected chi connectivity index (χ0v) is 20.5. The largest absolute Gasteiger partial charge is 0.457 e. The molecule has 0 fully saturated rings. The molecule has 0 aliphatic rings. The number of benzene rings is 4. The summed E-state index contributed by atoms with van der Waals surface area (Å²) in [4.78, 5) is 12.6. The van der Waals surface area contributed by atoms with Crippen molar-refractivity contribution in [3.05, 3.63) is 120 Å². The maximum Gasteiger partial charge on any atom is 0.224 e. The molecular weight excluding hydrogens is 481 g/mol. The van der Waals surface area contributed by atoms with Crippen molar-refractivity contribution in [3.63, 3.8) is 0 Å². The molecule has 190 valence electrons. The standard InChI is InChI=1S/C30H26FN5O2/c31-24-11-8-22(9-12-24)23-10-16-28(32)29(18-23)33-30(37)17-13-25-20-36(35-34-25)19-21-6-14-27(15-7-21)38-26-4-2-1-3-5-26/h1-12,14-16,18,20H,13,17,19,32H2,(H,33,37). The fraction of sp³-hybridized carbons (Fsp3) is 0.100. The number of aryl methyl sites for hydroxylation is 1. The van der Waals surface area contributed by atoms with Crippen molar-refractivity contribution in [2.75, 3.05) is 11.1 Å². The maximum atomic E-state index is 13.2. The van der Waals surface area contributed by atoms with Gasteiger partial charge >= 0.3 is 0 Å². The summed E-state index contributed by atoms with van der Waals surface area (Å²) in [6.45, 7) is 0.553. The Kier molecular flexibility index (Phi) is 7.40. The summed E-state index contributed by atoms with van der Waals surface area (Å²) >= 11 is 0. The lowest BCUT2D eigenvalue weighted by molar-refractivity contribution is -0.116. The number of amides is 1. The summed E-state index contributed by atoms with van der Waals surface area (Å²) in [7, 11) is 0. The third kappa shape index (κ3) is 6.41. The molecule has 7 nitrogen and oxygen atoms in total. The van der Waals surface area contributed by atoms with Crippen molar-refractivity contribution >= 4 is 17.3 Å². The smallest absolute Gasteiger partial charge is 0.224 e. The number of carbonyl (C=O) groups excluding carboxylic acids is 1. The molecule has 4 aromatic carbocycles. The van der Waals surface area contributed by atoms with Crippen LogP contribution in [0.25, 0.3) is 11.1 Å². The average Bonchev–Trinajstić information content (AvgIpc) is 3.38. The first kappa shape index (κ1) is 24.7. The van der Waals surface area contributed by atoms with Crippen LogP contribution in [0.3, 0.4) is 0 Å². The lowest BCUT2D eigenvalue weighted by Crippen LogP contribution is -2.13. The molecule has 5 rings (SSSR count). The number of carbonyl (C=O) groups is 1. The Labute approximate surface area is 219 Å². The number of hydrogen-bond acceptors (Lipinski definition) is 5. The average molecular weight is 508 g/mol. The number of nitrogens with one attached hydrogen (secondary N) is 1. The van der Waals surface area contributed by atoms with E-state index in [-0.39, 0.29) is 18.1 Å². The number of rotatable bonds is 9. The van der Waals surface area contributed by atoms with Gasteiger partial charge in [-0.3, -0.25) is 4.79 Å². The van der Waals surface area contributed by atoms with E-state index in [0.29, 0.717) is 24.3 Å². The molecule has 3 N–H and O–H groups in total. The van der Waals surface area contributed by atoms with Crippen LogP contribution in [0, 0.1) is 5.82 Å². The fourth-order valence-electron chi connectivity index (χ4n) is 3.95. The van der Waals surface area contributed by atoms with Gasteiger partial charge in [0.1, 0.15) is 17.3 Å². The van der Waals surface area contributed by atoms with E-state index in [4.69, 9.17) is 10.5 Å². The Morgan fingerprint density at radius 2 is 1.61 bits per heavy atom. The lowest BCUT2D eigenvalue weighted by Gasteiger charge is -2.10. The summed E-state index contributed by atoms with van der Waals surface area (Å²) in [5, 5.41) is 11.2. The number of nitrogens with zero attached hydrogens (tertiary/aromatic N) is 3. The van der Waals surface area contributed by atoms with Crippen LogP contribution in [-0.2, 0) is 17.8 Å². The van der Waals surface area contributed by atoms with Crippen LogP contribution < -0.4 is 15.8 Å². The lowest BCUT2D eigenvalue weighted by atomic mass is 10.0. The van der Waals surface area contributed by atoms with Gasteiger partial charge < -0.3 is 15.8 Å². The van der Waals surface area contributed by atoms with Crippen LogP contribution in [0.1, 0.15) is 17.7 Å². The third-order valence-electron chi connectivity index (χ3n) is 5.95. The molecule has 1 amide bonds. The number of aromatic nitrogens is 3.